The molecule has 7 nitrogen and oxygen atoms in total. The Hall–Kier alpha value is -3.34. The Morgan fingerprint density at radius 1 is 1.03 bits per heavy atom. The van der Waals surface area contributed by atoms with E-state index in [4.69, 9.17) is 4.98 Å². The molecule has 0 aliphatic carbocycles. The van der Waals surface area contributed by atoms with E-state index in [0.717, 1.165) is 27.4 Å². The first-order valence-corrected chi connectivity index (χ1v) is 13.6. The number of carbonyl (C=O) groups is 1. The molecular weight excluding hydrogens is 499 g/mol. The van der Waals surface area contributed by atoms with E-state index in [9.17, 15) is 9.59 Å². The second-order valence-corrected chi connectivity index (χ2v) is 10.8. The number of fused-ring (bicyclic) bond motifs is 1. The lowest BCUT2D eigenvalue weighted by molar-refractivity contribution is -0.113. The zero-order valence-corrected chi connectivity index (χ0v) is 21.5. The molecular formula is C25H21N5O2S3. The molecule has 5 aromatic rings. The van der Waals surface area contributed by atoms with Gasteiger partial charge in [-0.15, -0.1) is 21.5 Å². The monoisotopic (exact) mass is 519 g/mol. The van der Waals surface area contributed by atoms with Crippen LogP contribution in [0, 0.1) is 6.92 Å². The van der Waals surface area contributed by atoms with Gasteiger partial charge in [0.15, 0.2) is 5.16 Å². The van der Waals surface area contributed by atoms with E-state index in [1.165, 1.54) is 34.4 Å². The van der Waals surface area contributed by atoms with Crippen molar-refractivity contribution in [3.8, 4) is 16.8 Å². The summed E-state index contributed by atoms with van der Waals surface area (Å²) < 4.78 is 1.60. The van der Waals surface area contributed by atoms with Crippen molar-refractivity contribution >= 4 is 55.7 Å². The Kier molecular flexibility index (Phi) is 6.76. The highest BCUT2D eigenvalue weighted by molar-refractivity contribution is 7.99. The molecule has 10 heteroatoms. The lowest BCUT2D eigenvalue weighted by atomic mass is 10.0. The number of aryl methyl sites for hydroxylation is 2. The van der Waals surface area contributed by atoms with E-state index < -0.39 is 0 Å². The Labute approximate surface area is 213 Å². The molecule has 2 aromatic carbocycles. The predicted octanol–water partition coefficient (Wildman–Crippen LogP) is 5.57. The van der Waals surface area contributed by atoms with Crippen molar-refractivity contribution in [2.24, 2.45) is 0 Å². The summed E-state index contributed by atoms with van der Waals surface area (Å²) in [5, 5.41) is 13.2. The molecule has 0 saturated heterocycles. The van der Waals surface area contributed by atoms with Crippen molar-refractivity contribution < 1.29 is 4.79 Å². The van der Waals surface area contributed by atoms with E-state index >= 15 is 0 Å². The van der Waals surface area contributed by atoms with Crippen molar-refractivity contribution in [2.45, 2.75) is 25.4 Å². The summed E-state index contributed by atoms with van der Waals surface area (Å²) in [5.74, 6) is -0.142. The fraction of sp³-hybridized carbons (Fsp3) is 0.160. The number of thiophene rings is 1. The highest BCUT2D eigenvalue weighted by Crippen LogP contribution is 2.37. The summed E-state index contributed by atoms with van der Waals surface area (Å²) in [5.41, 5.74) is 2.45. The van der Waals surface area contributed by atoms with E-state index in [1.807, 2.05) is 74.5 Å². The quantitative estimate of drug-likeness (QED) is 0.223. The molecule has 3 heterocycles. The van der Waals surface area contributed by atoms with Crippen molar-refractivity contribution in [3.05, 3.63) is 80.9 Å². The maximum Gasteiger partial charge on any atom is 0.268 e. The van der Waals surface area contributed by atoms with Gasteiger partial charge in [0.2, 0.25) is 11.0 Å². The molecule has 0 fully saturated rings. The van der Waals surface area contributed by atoms with Gasteiger partial charge in [0.1, 0.15) is 9.84 Å². The van der Waals surface area contributed by atoms with Crippen LogP contribution in [-0.4, -0.2) is 31.4 Å². The number of benzene rings is 2. The maximum absolute atomic E-state index is 13.9. The molecule has 1 amide bonds. The lowest BCUT2D eigenvalue weighted by Gasteiger charge is -2.12. The largest absolute Gasteiger partial charge is 0.300 e. The number of aromatic nitrogens is 4. The third-order valence-corrected chi connectivity index (χ3v) is 8.22. The molecule has 5 rings (SSSR count). The molecule has 35 heavy (non-hydrogen) atoms. The average molecular weight is 520 g/mol. The Morgan fingerprint density at radius 3 is 2.43 bits per heavy atom. The summed E-state index contributed by atoms with van der Waals surface area (Å²) in [6.07, 6.45) is 0.765. The number of rotatable bonds is 7. The first-order valence-electron chi connectivity index (χ1n) is 11.0. The zero-order valence-electron chi connectivity index (χ0n) is 19.0. The number of carbonyl (C=O) groups excluding carboxylic acids is 1. The van der Waals surface area contributed by atoms with Crippen LogP contribution in [0.4, 0.5) is 5.13 Å². The first-order chi connectivity index (χ1) is 17.0. The molecule has 0 aliphatic rings. The number of nitrogens with one attached hydrogen (secondary N) is 1. The minimum Gasteiger partial charge on any atom is -0.300 e. The van der Waals surface area contributed by atoms with Crippen LogP contribution in [0.1, 0.15) is 16.8 Å². The number of amides is 1. The van der Waals surface area contributed by atoms with Gasteiger partial charge in [0.25, 0.3) is 5.56 Å². The van der Waals surface area contributed by atoms with Crippen LogP contribution in [0.5, 0.6) is 0 Å². The van der Waals surface area contributed by atoms with E-state index in [1.54, 1.807) is 4.57 Å². The number of hydrogen-bond acceptors (Lipinski definition) is 8. The summed E-state index contributed by atoms with van der Waals surface area (Å²) in [4.78, 5) is 33.1. The van der Waals surface area contributed by atoms with Crippen molar-refractivity contribution in [1.82, 2.24) is 19.7 Å². The van der Waals surface area contributed by atoms with Crippen molar-refractivity contribution in [3.63, 3.8) is 0 Å². The Bertz CT molecular complexity index is 1560. The normalized spacial score (nSPS) is 11.1. The smallest absolute Gasteiger partial charge is 0.268 e. The predicted molar refractivity (Wildman–Crippen MR) is 144 cm³/mol. The van der Waals surface area contributed by atoms with Gasteiger partial charge in [-0.1, -0.05) is 78.6 Å². The number of anilines is 1. The maximum atomic E-state index is 13.9. The van der Waals surface area contributed by atoms with Crippen LogP contribution < -0.4 is 10.9 Å². The topological polar surface area (TPSA) is 89.8 Å². The highest BCUT2D eigenvalue weighted by Gasteiger charge is 2.21. The average Bonchev–Trinajstić information content (AvgIpc) is 3.47. The van der Waals surface area contributed by atoms with Gasteiger partial charge in [-0.3, -0.25) is 19.5 Å². The molecule has 0 bridgehead atoms. The fourth-order valence-electron chi connectivity index (χ4n) is 3.73. The molecule has 0 atom stereocenters. The van der Waals surface area contributed by atoms with E-state index in [2.05, 4.69) is 15.5 Å². The van der Waals surface area contributed by atoms with Gasteiger partial charge in [-0.2, -0.15) is 0 Å². The summed E-state index contributed by atoms with van der Waals surface area (Å²) >= 11 is 4.07. The number of nitrogens with zero attached hydrogens (tertiary/aromatic N) is 4. The molecule has 0 spiro atoms. The molecule has 0 radical (unpaired) electrons. The Balaban J connectivity index is 1.55. The van der Waals surface area contributed by atoms with Crippen LogP contribution in [0.15, 0.2) is 70.6 Å². The van der Waals surface area contributed by atoms with Gasteiger partial charge < -0.3 is 0 Å². The van der Waals surface area contributed by atoms with Gasteiger partial charge in [-0.25, -0.2) is 4.98 Å². The van der Waals surface area contributed by atoms with Crippen LogP contribution in [0.2, 0.25) is 0 Å². The van der Waals surface area contributed by atoms with E-state index in [-0.39, 0.29) is 17.2 Å². The van der Waals surface area contributed by atoms with Crippen molar-refractivity contribution in [1.29, 1.82) is 0 Å². The molecule has 0 unspecified atom stereocenters. The molecule has 176 valence electrons. The summed E-state index contributed by atoms with van der Waals surface area (Å²) in [6, 6.07) is 19.3. The third-order valence-electron chi connectivity index (χ3n) is 5.30. The fourth-order valence-corrected chi connectivity index (χ4v) is 6.32. The SMILES string of the molecule is CCc1nnc(NC(=O)CSc2nc3sc(C)c(-c4ccccc4)c3c(=O)n2-c2ccccc2)s1. The first kappa shape index (κ1) is 23.4. The molecule has 1 N–H and O–H groups in total. The number of hydrogen-bond donors (Lipinski definition) is 1. The number of para-hydroxylation sites is 1. The van der Waals surface area contributed by atoms with Crippen molar-refractivity contribution in [2.75, 3.05) is 11.1 Å². The van der Waals surface area contributed by atoms with Crippen LogP contribution in [-0.2, 0) is 11.2 Å². The minimum absolute atomic E-state index is 0.0850. The molecule has 0 saturated carbocycles. The molecule has 0 aliphatic heterocycles. The van der Waals surface area contributed by atoms with Gasteiger partial charge in [0, 0.05) is 10.4 Å². The minimum atomic E-state index is -0.227. The second kappa shape index (κ2) is 10.1. The van der Waals surface area contributed by atoms with Gasteiger partial charge in [0.05, 0.1) is 16.8 Å². The summed E-state index contributed by atoms with van der Waals surface area (Å²) in [6.45, 7) is 4.00. The molecule has 3 aromatic heterocycles. The zero-order chi connectivity index (χ0) is 24.4. The third kappa shape index (κ3) is 4.77. The van der Waals surface area contributed by atoms with Crippen LogP contribution >= 0.6 is 34.4 Å². The van der Waals surface area contributed by atoms with Gasteiger partial charge >= 0.3 is 0 Å². The van der Waals surface area contributed by atoms with E-state index in [0.29, 0.717) is 26.2 Å². The number of thioether (sulfide) groups is 1. The Morgan fingerprint density at radius 2 is 1.74 bits per heavy atom. The van der Waals surface area contributed by atoms with Crippen LogP contribution in [0.25, 0.3) is 27.0 Å². The lowest BCUT2D eigenvalue weighted by Crippen LogP contribution is -2.22. The summed E-state index contributed by atoms with van der Waals surface area (Å²) in [7, 11) is 0. The standard InChI is InChI=1S/C25H21N5O2S3/c1-3-19-28-29-24(35-19)26-18(31)14-33-25-27-22-21(23(32)30(25)17-12-8-5-9-13-17)20(15(2)34-22)16-10-6-4-7-11-16/h4-13H,3,14H2,1-2H3,(H,26,29,31). The highest BCUT2D eigenvalue weighted by atomic mass is 32.2. The second-order valence-electron chi connectivity index (χ2n) is 7.64. The van der Waals surface area contributed by atoms with Crippen LogP contribution in [0.3, 0.4) is 0 Å². The van der Waals surface area contributed by atoms with Gasteiger partial charge in [-0.05, 0) is 31.0 Å².